The summed E-state index contributed by atoms with van der Waals surface area (Å²) in [7, 11) is 0. The van der Waals surface area contributed by atoms with E-state index in [1.54, 1.807) is 6.07 Å². The first kappa shape index (κ1) is 15.1. The van der Waals surface area contributed by atoms with Crippen LogP contribution in [0.4, 0.5) is 17.6 Å². The van der Waals surface area contributed by atoms with Crippen molar-refractivity contribution >= 4 is 0 Å². The Kier molecular flexibility index (Phi) is 4.52. The van der Waals surface area contributed by atoms with Crippen LogP contribution < -0.4 is 10.1 Å². The zero-order chi connectivity index (χ0) is 14.8. The van der Waals surface area contributed by atoms with Gasteiger partial charge in [-0.1, -0.05) is 6.92 Å². The molecule has 1 aromatic carbocycles. The van der Waals surface area contributed by atoms with Gasteiger partial charge in [-0.05, 0) is 37.1 Å². The van der Waals surface area contributed by atoms with Gasteiger partial charge in [0.15, 0.2) is 0 Å². The molecule has 1 aliphatic heterocycles. The molecule has 0 fully saturated rings. The van der Waals surface area contributed by atoms with Crippen molar-refractivity contribution in [3.8, 4) is 5.75 Å². The SMILES string of the molecule is CC(CNCC(F)(F)F)CC1Cc2cc(F)ccc2O1. The van der Waals surface area contributed by atoms with E-state index in [4.69, 9.17) is 4.74 Å². The fourth-order valence-corrected chi connectivity index (χ4v) is 2.41. The zero-order valence-electron chi connectivity index (χ0n) is 11.1. The van der Waals surface area contributed by atoms with Crippen molar-refractivity contribution in [2.45, 2.75) is 32.0 Å². The van der Waals surface area contributed by atoms with Gasteiger partial charge in [0.1, 0.15) is 17.7 Å². The molecule has 2 nitrogen and oxygen atoms in total. The van der Waals surface area contributed by atoms with Crippen LogP contribution in [0.2, 0.25) is 0 Å². The second-order valence-corrected chi connectivity index (χ2v) is 5.28. The summed E-state index contributed by atoms with van der Waals surface area (Å²) < 4.78 is 54.7. The molecule has 0 saturated carbocycles. The predicted octanol–water partition coefficient (Wildman–Crippen LogP) is 3.31. The average Bonchev–Trinajstić information content (AvgIpc) is 2.68. The highest BCUT2D eigenvalue weighted by atomic mass is 19.4. The fraction of sp³-hybridized carbons (Fsp3) is 0.571. The lowest BCUT2D eigenvalue weighted by atomic mass is 10.00. The van der Waals surface area contributed by atoms with Crippen LogP contribution in [-0.2, 0) is 6.42 Å². The Hall–Kier alpha value is -1.30. The Balaban J connectivity index is 1.76. The van der Waals surface area contributed by atoms with Crippen molar-refractivity contribution in [2.24, 2.45) is 5.92 Å². The van der Waals surface area contributed by atoms with Gasteiger partial charge in [-0.2, -0.15) is 13.2 Å². The van der Waals surface area contributed by atoms with Crippen molar-refractivity contribution in [3.63, 3.8) is 0 Å². The monoisotopic (exact) mass is 291 g/mol. The number of rotatable bonds is 5. The van der Waals surface area contributed by atoms with E-state index in [-0.39, 0.29) is 24.4 Å². The highest BCUT2D eigenvalue weighted by Gasteiger charge is 2.28. The van der Waals surface area contributed by atoms with Crippen LogP contribution in [0.5, 0.6) is 5.75 Å². The number of benzene rings is 1. The quantitative estimate of drug-likeness (QED) is 0.840. The number of hydrogen-bond donors (Lipinski definition) is 1. The summed E-state index contributed by atoms with van der Waals surface area (Å²) in [6.45, 7) is 1.18. The van der Waals surface area contributed by atoms with E-state index in [1.807, 2.05) is 6.92 Å². The maximum absolute atomic E-state index is 13.1. The Labute approximate surface area is 115 Å². The average molecular weight is 291 g/mol. The first-order valence-electron chi connectivity index (χ1n) is 6.56. The van der Waals surface area contributed by atoms with Gasteiger partial charge >= 0.3 is 6.18 Å². The first-order chi connectivity index (χ1) is 9.33. The number of halogens is 4. The minimum Gasteiger partial charge on any atom is -0.490 e. The van der Waals surface area contributed by atoms with E-state index < -0.39 is 12.7 Å². The van der Waals surface area contributed by atoms with Gasteiger partial charge in [-0.15, -0.1) is 0 Å². The molecular weight excluding hydrogens is 274 g/mol. The zero-order valence-corrected chi connectivity index (χ0v) is 11.1. The molecule has 0 radical (unpaired) electrons. The van der Waals surface area contributed by atoms with Crippen molar-refractivity contribution in [1.29, 1.82) is 0 Å². The minimum absolute atomic E-state index is 0.0570. The summed E-state index contributed by atoms with van der Waals surface area (Å²) in [4.78, 5) is 0. The topological polar surface area (TPSA) is 21.3 Å². The predicted molar refractivity (Wildman–Crippen MR) is 67.2 cm³/mol. The molecular formula is C14H17F4NO. The molecule has 0 saturated heterocycles. The molecule has 1 heterocycles. The molecule has 0 spiro atoms. The van der Waals surface area contributed by atoms with Crippen LogP contribution in [-0.4, -0.2) is 25.4 Å². The Bertz CT molecular complexity index is 461. The van der Waals surface area contributed by atoms with Crippen LogP contribution in [0.3, 0.4) is 0 Å². The van der Waals surface area contributed by atoms with Crippen molar-refractivity contribution in [3.05, 3.63) is 29.6 Å². The Morgan fingerprint density at radius 3 is 2.85 bits per heavy atom. The summed E-state index contributed by atoms with van der Waals surface area (Å²) in [5.74, 6) is 0.432. The van der Waals surface area contributed by atoms with Crippen LogP contribution in [0.1, 0.15) is 18.9 Å². The molecule has 0 aliphatic carbocycles. The number of nitrogens with one attached hydrogen (secondary N) is 1. The van der Waals surface area contributed by atoms with E-state index in [0.717, 1.165) is 5.56 Å². The molecule has 2 rings (SSSR count). The first-order valence-corrected chi connectivity index (χ1v) is 6.56. The molecule has 0 aromatic heterocycles. The van der Waals surface area contributed by atoms with E-state index in [9.17, 15) is 17.6 Å². The summed E-state index contributed by atoms with van der Waals surface area (Å²) in [6, 6.07) is 4.38. The fourth-order valence-electron chi connectivity index (χ4n) is 2.41. The number of alkyl halides is 3. The molecule has 1 aliphatic rings. The summed E-state index contributed by atoms with van der Waals surface area (Å²) in [5, 5.41) is 2.39. The Morgan fingerprint density at radius 2 is 2.15 bits per heavy atom. The van der Waals surface area contributed by atoms with Gasteiger partial charge in [-0.3, -0.25) is 0 Å². The summed E-state index contributed by atoms with van der Waals surface area (Å²) in [6.07, 6.45) is -3.02. The normalized spacial score (nSPS) is 19.6. The smallest absolute Gasteiger partial charge is 0.401 e. The number of hydrogen-bond acceptors (Lipinski definition) is 2. The maximum Gasteiger partial charge on any atom is 0.401 e. The minimum atomic E-state index is -4.18. The summed E-state index contributed by atoms with van der Waals surface area (Å²) in [5.41, 5.74) is 0.824. The molecule has 1 N–H and O–H groups in total. The van der Waals surface area contributed by atoms with Crippen molar-refractivity contribution in [2.75, 3.05) is 13.1 Å². The van der Waals surface area contributed by atoms with Crippen LogP contribution >= 0.6 is 0 Å². The van der Waals surface area contributed by atoms with Gasteiger partial charge in [0.2, 0.25) is 0 Å². The van der Waals surface area contributed by atoms with E-state index in [1.165, 1.54) is 12.1 Å². The second-order valence-electron chi connectivity index (χ2n) is 5.28. The van der Waals surface area contributed by atoms with E-state index >= 15 is 0 Å². The third-order valence-corrected chi connectivity index (χ3v) is 3.25. The lowest BCUT2D eigenvalue weighted by Crippen LogP contribution is -2.33. The van der Waals surface area contributed by atoms with Crippen LogP contribution in [0.15, 0.2) is 18.2 Å². The van der Waals surface area contributed by atoms with Gasteiger partial charge in [0.05, 0.1) is 6.54 Å². The molecule has 2 atom stereocenters. The van der Waals surface area contributed by atoms with Gasteiger partial charge < -0.3 is 10.1 Å². The van der Waals surface area contributed by atoms with Gasteiger partial charge in [0, 0.05) is 12.0 Å². The summed E-state index contributed by atoms with van der Waals surface area (Å²) >= 11 is 0. The largest absolute Gasteiger partial charge is 0.490 e. The molecule has 0 amide bonds. The third-order valence-electron chi connectivity index (χ3n) is 3.25. The molecule has 6 heteroatoms. The maximum atomic E-state index is 13.1. The van der Waals surface area contributed by atoms with E-state index in [2.05, 4.69) is 5.32 Å². The highest BCUT2D eigenvalue weighted by molar-refractivity contribution is 5.37. The second kappa shape index (κ2) is 5.99. The molecule has 20 heavy (non-hydrogen) atoms. The lowest BCUT2D eigenvalue weighted by Gasteiger charge is -2.17. The molecule has 0 bridgehead atoms. The van der Waals surface area contributed by atoms with Crippen molar-refractivity contribution < 1.29 is 22.3 Å². The molecule has 1 aromatic rings. The van der Waals surface area contributed by atoms with Crippen molar-refractivity contribution in [1.82, 2.24) is 5.32 Å². The third kappa shape index (κ3) is 4.37. The standard InChI is InChI=1S/C14H17F4NO/c1-9(7-19-8-14(16,17)18)4-12-6-10-5-11(15)2-3-13(10)20-12/h2-3,5,9,12,19H,4,6-8H2,1H3. The molecule has 112 valence electrons. The van der Waals surface area contributed by atoms with Gasteiger partial charge in [-0.25, -0.2) is 4.39 Å². The van der Waals surface area contributed by atoms with Crippen LogP contribution in [0.25, 0.3) is 0 Å². The van der Waals surface area contributed by atoms with Crippen LogP contribution in [0, 0.1) is 11.7 Å². The molecule has 2 unspecified atom stereocenters. The number of ether oxygens (including phenoxy) is 1. The van der Waals surface area contributed by atoms with E-state index in [0.29, 0.717) is 18.6 Å². The number of fused-ring (bicyclic) bond motifs is 1. The lowest BCUT2D eigenvalue weighted by molar-refractivity contribution is -0.125. The Morgan fingerprint density at radius 1 is 1.40 bits per heavy atom. The van der Waals surface area contributed by atoms with Gasteiger partial charge in [0.25, 0.3) is 0 Å². The highest BCUT2D eigenvalue weighted by Crippen LogP contribution is 2.31.